The van der Waals surface area contributed by atoms with Gasteiger partial charge >= 0.3 is 6.18 Å². The Hall–Kier alpha value is -4.03. The number of nitrogen functional groups attached to an aromatic ring is 1. The number of alkyl halides is 5. The van der Waals surface area contributed by atoms with Crippen LogP contribution in [0.25, 0.3) is 16.9 Å². The molecule has 0 unspecified atom stereocenters. The van der Waals surface area contributed by atoms with Crippen molar-refractivity contribution in [1.82, 2.24) is 24.5 Å². The number of nitrogens with two attached hydrogens (primary N) is 1. The van der Waals surface area contributed by atoms with Crippen molar-refractivity contribution < 1.29 is 31.1 Å². The van der Waals surface area contributed by atoms with Crippen LogP contribution >= 0.6 is 0 Å². The minimum atomic E-state index is -4.76. The fourth-order valence-corrected chi connectivity index (χ4v) is 4.22. The summed E-state index contributed by atoms with van der Waals surface area (Å²) in [6, 6.07) is 5.89. The molecule has 188 valence electrons. The first-order chi connectivity index (χ1) is 17.0. The molecule has 13 heteroatoms. The van der Waals surface area contributed by atoms with Gasteiger partial charge in [-0.25, -0.2) is 22.8 Å². The molecular formula is C23H18F6N6O. The number of pyridine rings is 1. The second-order valence-electron chi connectivity index (χ2n) is 8.27. The van der Waals surface area contributed by atoms with E-state index in [0.29, 0.717) is 11.1 Å². The van der Waals surface area contributed by atoms with Crippen LogP contribution in [0.15, 0.2) is 42.7 Å². The highest BCUT2D eigenvalue weighted by Gasteiger charge is 2.36. The third kappa shape index (κ3) is 4.25. The van der Waals surface area contributed by atoms with Gasteiger partial charge in [0.1, 0.15) is 18.5 Å². The number of ether oxygens (including phenoxy) is 1. The fraction of sp³-hybridized carbons (Fsp3) is 0.261. The first-order valence-electron chi connectivity index (χ1n) is 10.7. The summed E-state index contributed by atoms with van der Waals surface area (Å²) in [5.74, 6) is -0.555. The molecule has 4 aromatic rings. The van der Waals surface area contributed by atoms with E-state index in [1.54, 1.807) is 6.92 Å². The standard InChI is InChI=1S/C23H18F6N6O/c1-11-16-6-14(24)2-3-17(16)35-15(7-19(33-35)23(27,28)29)4-12-9-32-34(10-20(25)26)21(12)13-5-18(36-11)22(30)31-8-13/h2-3,5-9,11,20H,4,10H2,1H3,(H2,30,31)/t11-/m1/s1. The van der Waals surface area contributed by atoms with Gasteiger partial charge in [0.2, 0.25) is 0 Å². The molecule has 3 aromatic heterocycles. The molecule has 0 radical (unpaired) electrons. The summed E-state index contributed by atoms with van der Waals surface area (Å²) in [6.07, 6.45) is -5.90. The van der Waals surface area contributed by atoms with Crippen molar-refractivity contribution in [2.45, 2.75) is 38.6 Å². The molecule has 0 saturated heterocycles. The summed E-state index contributed by atoms with van der Waals surface area (Å²) in [4.78, 5) is 4.10. The number of halogens is 6. The lowest BCUT2D eigenvalue weighted by atomic mass is 10.0. The minimum Gasteiger partial charge on any atom is -0.482 e. The lowest BCUT2D eigenvalue weighted by molar-refractivity contribution is -0.141. The number of hydrogen-bond acceptors (Lipinski definition) is 5. The first kappa shape index (κ1) is 23.7. The van der Waals surface area contributed by atoms with E-state index in [9.17, 15) is 26.3 Å². The number of anilines is 1. The van der Waals surface area contributed by atoms with Crippen LogP contribution in [0.2, 0.25) is 0 Å². The second-order valence-corrected chi connectivity index (χ2v) is 8.27. The molecule has 2 N–H and O–H groups in total. The Labute approximate surface area is 200 Å². The van der Waals surface area contributed by atoms with Crippen molar-refractivity contribution >= 4 is 5.82 Å². The smallest absolute Gasteiger partial charge is 0.435 e. The SMILES string of the molecule is C[C@H]1Oc2cc(cnc2N)-c2c(cnn2CC(F)F)Cc2cc(C(F)(F)F)nn2-c2ccc(F)cc21. The molecule has 1 aliphatic rings. The van der Waals surface area contributed by atoms with Crippen molar-refractivity contribution in [3.05, 3.63) is 71.1 Å². The third-order valence-electron chi connectivity index (χ3n) is 5.79. The molecule has 4 heterocycles. The van der Waals surface area contributed by atoms with Gasteiger partial charge in [0.05, 0.1) is 17.6 Å². The molecule has 0 saturated carbocycles. The quantitative estimate of drug-likeness (QED) is 0.378. The van der Waals surface area contributed by atoms with Gasteiger partial charge in [-0.2, -0.15) is 23.4 Å². The number of aromatic nitrogens is 5. The number of benzene rings is 1. The predicted octanol–water partition coefficient (Wildman–Crippen LogP) is 5.18. The summed E-state index contributed by atoms with van der Waals surface area (Å²) < 4.78 is 89.8. The topological polar surface area (TPSA) is 83.8 Å². The van der Waals surface area contributed by atoms with Gasteiger partial charge in [-0.3, -0.25) is 4.68 Å². The van der Waals surface area contributed by atoms with E-state index in [4.69, 9.17) is 10.5 Å². The fourth-order valence-electron chi connectivity index (χ4n) is 4.22. The maximum Gasteiger partial charge on any atom is 0.435 e. The van der Waals surface area contributed by atoms with Crippen molar-refractivity contribution in [1.29, 1.82) is 0 Å². The Kier molecular flexibility index (Phi) is 5.64. The van der Waals surface area contributed by atoms with E-state index in [-0.39, 0.29) is 40.6 Å². The molecule has 1 aliphatic heterocycles. The molecule has 0 fully saturated rings. The van der Waals surface area contributed by atoms with Crippen LogP contribution in [0.5, 0.6) is 5.75 Å². The zero-order valence-electron chi connectivity index (χ0n) is 18.6. The average molecular weight is 508 g/mol. The van der Waals surface area contributed by atoms with E-state index < -0.39 is 36.8 Å². The van der Waals surface area contributed by atoms with Gasteiger partial charge in [-0.05, 0) is 37.3 Å². The molecule has 5 rings (SSSR count). The predicted molar refractivity (Wildman–Crippen MR) is 116 cm³/mol. The normalized spacial score (nSPS) is 15.4. The van der Waals surface area contributed by atoms with Crippen LogP contribution in [-0.2, 0) is 19.1 Å². The van der Waals surface area contributed by atoms with E-state index in [2.05, 4.69) is 15.2 Å². The van der Waals surface area contributed by atoms with Crippen LogP contribution in [-0.4, -0.2) is 31.0 Å². The Balaban J connectivity index is 1.80. The van der Waals surface area contributed by atoms with Crippen LogP contribution in [0.1, 0.15) is 35.5 Å². The second kappa shape index (κ2) is 8.57. The molecule has 7 nitrogen and oxygen atoms in total. The minimum absolute atomic E-state index is 0.0128. The zero-order valence-corrected chi connectivity index (χ0v) is 18.6. The summed E-state index contributed by atoms with van der Waals surface area (Å²) in [6.45, 7) is 0.817. The van der Waals surface area contributed by atoms with E-state index >= 15 is 0 Å². The highest BCUT2D eigenvalue weighted by Crippen LogP contribution is 2.37. The lowest BCUT2D eigenvalue weighted by Crippen LogP contribution is -2.15. The van der Waals surface area contributed by atoms with Crippen LogP contribution < -0.4 is 10.5 Å². The Morgan fingerprint density at radius 3 is 2.67 bits per heavy atom. The Bertz CT molecular complexity index is 1440. The van der Waals surface area contributed by atoms with Crippen molar-refractivity contribution in [2.75, 3.05) is 5.73 Å². The monoisotopic (exact) mass is 508 g/mol. The van der Waals surface area contributed by atoms with Crippen molar-refractivity contribution in [3.8, 4) is 22.7 Å². The summed E-state index contributed by atoms with van der Waals surface area (Å²) in [5, 5.41) is 7.80. The van der Waals surface area contributed by atoms with E-state index in [1.165, 1.54) is 24.5 Å². The van der Waals surface area contributed by atoms with Crippen LogP contribution in [0.3, 0.4) is 0 Å². The zero-order chi connectivity index (χ0) is 25.8. The maximum atomic E-state index is 14.2. The van der Waals surface area contributed by atoms with Crippen LogP contribution in [0, 0.1) is 5.82 Å². The molecule has 36 heavy (non-hydrogen) atoms. The summed E-state index contributed by atoms with van der Waals surface area (Å²) in [5.41, 5.74) is 6.16. The molecular weight excluding hydrogens is 490 g/mol. The lowest BCUT2D eigenvalue weighted by Gasteiger charge is -2.22. The van der Waals surface area contributed by atoms with Gasteiger partial charge in [0.25, 0.3) is 6.43 Å². The third-order valence-corrected chi connectivity index (χ3v) is 5.79. The Morgan fingerprint density at radius 1 is 1.17 bits per heavy atom. The van der Waals surface area contributed by atoms with Crippen molar-refractivity contribution in [3.63, 3.8) is 0 Å². The van der Waals surface area contributed by atoms with E-state index in [0.717, 1.165) is 27.6 Å². The molecule has 0 amide bonds. The molecule has 2 bridgehead atoms. The Morgan fingerprint density at radius 2 is 1.94 bits per heavy atom. The number of nitrogens with zero attached hydrogens (tertiary/aromatic N) is 5. The highest BCUT2D eigenvalue weighted by molar-refractivity contribution is 5.68. The van der Waals surface area contributed by atoms with Gasteiger partial charge in [-0.1, -0.05) is 0 Å². The van der Waals surface area contributed by atoms with Crippen molar-refractivity contribution in [2.24, 2.45) is 0 Å². The molecule has 0 aliphatic carbocycles. The van der Waals surface area contributed by atoms with Gasteiger partial charge in [0.15, 0.2) is 17.3 Å². The number of fused-ring (bicyclic) bond motifs is 7. The summed E-state index contributed by atoms with van der Waals surface area (Å²) in [7, 11) is 0. The number of hydrogen-bond donors (Lipinski definition) is 1. The van der Waals surface area contributed by atoms with Gasteiger partial charge in [-0.15, -0.1) is 0 Å². The molecule has 1 aromatic carbocycles. The van der Waals surface area contributed by atoms with Crippen LogP contribution in [0.4, 0.5) is 32.2 Å². The first-order valence-corrected chi connectivity index (χ1v) is 10.7. The van der Waals surface area contributed by atoms with Gasteiger partial charge < -0.3 is 10.5 Å². The maximum absolute atomic E-state index is 14.2. The summed E-state index contributed by atoms with van der Waals surface area (Å²) >= 11 is 0. The van der Waals surface area contributed by atoms with E-state index in [1.807, 2.05) is 0 Å². The molecule has 1 atom stereocenters. The van der Waals surface area contributed by atoms with Gasteiger partial charge in [0, 0.05) is 35.0 Å². The largest absolute Gasteiger partial charge is 0.482 e. The molecule has 0 spiro atoms. The number of rotatable bonds is 2. The highest BCUT2D eigenvalue weighted by atomic mass is 19.4. The average Bonchev–Trinajstić information content (AvgIpc) is 3.39.